The van der Waals surface area contributed by atoms with Crippen LogP contribution in [0.25, 0.3) is 10.6 Å². The van der Waals surface area contributed by atoms with Crippen molar-refractivity contribution in [3.05, 3.63) is 34.8 Å². The maximum Gasteiger partial charge on any atom is 0.336 e. The number of ether oxygens (including phenoxy) is 2. The van der Waals surface area contributed by atoms with Gasteiger partial charge in [-0.2, -0.15) is 0 Å². The molecule has 3 rings (SSSR count). The minimum Gasteiger partial charge on any atom is -0.478 e. The summed E-state index contributed by atoms with van der Waals surface area (Å²) in [4.78, 5) is 31.5. The van der Waals surface area contributed by atoms with Crippen LogP contribution in [-0.2, 0) is 9.53 Å². The van der Waals surface area contributed by atoms with E-state index in [1.165, 1.54) is 11.3 Å². The van der Waals surface area contributed by atoms with Crippen molar-refractivity contribution in [1.82, 2.24) is 9.88 Å². The van der Waals surface area contributed by atoms with Crippen LogP contribution in [-0.4, -0.2) is 51.8 Å². The van der Waals surface area contributed by atoms with Crippen molar-refractivity contribution in [1.29, 1.82) is 0 Å². The Balaban J connectivity index is 1.81. The Morgan fingerprint density at radius 3 is 2.72 bits per heavy atom. The average Bonchev–Trinajstić information content (AvgIpc) is 3.26. The number of aromatic nitrogens is 1. The van der Waals surface area contributed by atoms with Crippen molar-refractivity contribution in [3.63, 3.8) is 0 Å². The molecule has 1 N–H and O–H groups in total. The van der Waals surface area contributed by atoms with Crippen LogP contribution in [0.3, 0.4) is 0 Å². The Hall–Kier alpha value is -2.45. The largest absolute Gasteiger partial charge is 0.478 e. The Kier molecular flexibility index (Phi) is 6.24. The first kappa shape index (κ1) is 21.3. The highest BCUT2D eigenvalue weighted by molar-refractivity contribution is 7.15. The second-order valence-corrected chi connectivity index (χ2v) is 9.27. The molecule has 1 aliphatic heterocycles. The molecule has 29 heavy (non-hydrogen) atoms. The molecule has 0 radical (unpaired) electrons. The number of carboxylic acids is 1. The molecule has 7 nitrogen and oxygen atoms in total. The van der Waals surface area contributed by atoms with Gasteiger partial charge in [0.15, 0.2) is 0 Å². The predicted molar refractivity (Wildman–Crippen MR) is 110 cm³/mol. The smallest absolute Gasteiger partial charge is 0.336 e. The van der Waals surface area contributed by atoms with Crippen LogP contribution >= 0.6 is 11.3 Å². The zero-order valence-electron chi connectivity index (χ0n) is 17.1. The fourth-order valence-electron chi connectivity index (χ4n) is 3.29. The summed E-state index contributed by atoms with van der Waals surface area (Å²) in [6.45, 7) is 8.35. The lowest BCUT2D eigenvalue weighted by Gasteiger charge is -2.27. The average molecular weight is 419 g/mol. The molecule has 0 aliphatic carbocycles. The standard InChI is InChI=1S/C21H26N2O5S/c1-13-11-22-18(29-13)17-14(19(24)25)7-5-9-16(17)27-12-23-10-6-8-15(23)20(26)28-21(2,3)4/h5,7,9,11,15H,6,8,10,12H2,1-4H3,(H,24,25)/t15-/m0/s1. The number of likely N-dealkylation sites (tertiary alicyclic amines) is 1. The second kappa shape index (κ2) is 8.51. The lowest BCUT2D eigenvalue weighted by Crippen LogP contribution is -2.42. The van der Waals surface area contributed by atoms with Crippen LogP contribution < -0.4 is 4.74 Å². The maximum atomic E-state index is 12.5. The van der Waals surface area contributed by atoms with E-state index in [9.17, 15) is 14.7 Å². The van der Waals surface area contributed by atoms with E-state index in [4.69, 9.17) is 9.47 Å². The van der Waals surface area contributed by atoms with Gasteiger partial charge < -0.3 is 14.6 Å². The minimum atomic E-state index is -1.04. The summed E-state index contributed by atoms with van der Waals surface area (Å²) in [6, 6.07) is 4.57. The van der Waals surface area contributed by atoms with Gasteiger partial charge in [-0.05, 0) is 52.7 Å². The van der Waals surface area contributed by atoms with E-state index in [-0.39, 0.29) is 24.3 Å². The number of carbonyl (C=O) groups is 2. The summed E-state index contributed by atoms with van der Waals surface area (Å²) < 4.78 is 11.5. The van der Waals surface area contributed by atoms with Gasteiger partial charge in [-0.3, -0.25) is 9.69 Å². The van der Waals surface area contributed by atoms with Crippen molar-refractivity contribution >= 4 is 23.3 Å². The summed E-state index contributed by atoms with van der Waals surface area (Å²) in [5.41, 5.74) is 0.0609. The van der Waals surface area contributed by atoms with E-state index in [1.54, 1.807) is 24.4 Å². The molecule has 1 aromatic carbocycles. The third-order valence-electron chi connectivity index (χ3n) is 4.52. The van der Waals surface area contributed by atoms with Gasteiger partial charge in [0.1, 0.15) is 29.1 Å². The fraction of sp³-hybridized carbons (Fsp3) is 0.476. The number of benzene rings is 1. The fourth-order valence-corrected chi connectivity index (χ4v) is 4.12. The van der Waals surface area contributed by atoms with Crippen LogP contribution in [0.15, 0.2) is 24.4 Å². The third-order valence-corrected chi connectivity index (χ3v) is 5.45. The van der Waals surface area contributed by atoms with Gasteiger partial charge in [0.25, 0.3) is 0 Å². The number of hydrogen-bond acceptors (Lipinski definition) is 7. The lowest BCUT2D eigenvalue weighted by atomic mass is 10.1. The second-order valence-electron chi connectivity index (χ2n) is 8.04. The molecule has 1 aliphatic rings. The lowest BCUT2D eigenvalue weighted by molar-refractivity contribution is -0.161. The molecule has 1 atom stereocenters. The monoisotopic (exact) mass is 418 g/mol. The molecule has 0 spiro atoms. The molecule has 1 fully saturated rings. The van der Waals surface area contributed by atoms with E-state index >= 15 is 0 Å². The summed E-state index contributed by atoms with van der Waals surface area (Å²) in [5, 5.41) is 10.2. The maximum absolute atomic E-state index is 12.5. The molecule has 8 heteroatoms. The van der Waals surface area contributed by atoms with Gasteiger partial charge in [-0.15, -0.1) is 11.3 Å². The number of esters is 1. The summed E-state index contributed by atoms with van der Waals surface area (Å²) in [7, 11) is 0. The summed E-state index contributed by atoms with van der Waals surface area (Å²) >= 11 is 1.41. The molecule has 0 unspecified atom stereocenters. The van der Waals surface area contributed by atoms with Crippen LogP contribution in [0, 0.1) is 6.92 Å². The van der Waals surface area contributed by atoms with Gasteiger partial charge in [0.2, 0.25) is 0 Å². The number of aromatic carboxylic acids is 1. The minimum absolute atomic E-state index is 0.141. The number of nitrogens with zero attached hydrogens (tertiary/aromatic N) is 2. The molecule has 2 heterocycles. The van der Waals surface area contributed by atoms with E-state index in [0.29, 0.717) is 29.3 Å². The number of carbonyl (C=O) groups excluding carboxylic acids is 1. The highest BCUT2D eigenvalue weighted by Crippen LogP contribution is 2.36. The van der Waals surface area contributed by atoms with Gasteiger partial charge >= 0.3 is 11.9 Å². The Morgan fingerprint density at radius 2 is 2.10 bits per heavy atom. The van der Waals surface area contributed by atoms with Crippen LogP contribution in [0.4, 0.5) is 0 Å². The first-order valence-corrected chi connectivity index (χ1v) is 10.4. The number of hydrogen-bond donors (Lipinski definition) is 1. The summed E-state index contributed by atoms with van der Waals surface area (Å²) in [6.07, 6.45) is 3.30. The molecular weight excluding hydrogens is 392 g/mol. The molecular formula is C21H26N2O5S. The van der Waals surface area contributed by atoms with Gasteiger partial charge in [0, 0.05) is 17.6 Å². The first-order valence-electron chi connectivity index (χ1n) is 9.54. The molecule has 0 saturated carbocycles. The Labute approximate surface area is 174 Å². The topological polar surface area (TPSA) is 89.0 Å². The van der Waals surface area contributed by atoms with Crippen molar-refractivity contribution in [2.24, 2.45) is 0 Å². The zero-order chi connectivity index (χ0) is 21.2. The number of rotatable bonds is 6. The SMILES string of the molecule is Cc1cnc(-c2c(OCN3CCC[C@H]3C(=O)OC(C)(C)C)cccc2C(=O)O)s1. The van der Waals surface area contributed by atoms with Crippen molar-refractivity contribution in [2.45, 2.75) is 52.2 Å². The van der Waals surface area contributed by atoms with Crippen molar-refractivity contribution in [2.75, 3.05) is 13.3 Å². The van der Waals surface area contributed by atoms with E-state index in [1.807, 2.05) is 32.6 Å². The first-order chi connectivity index (χ1) is 13.7. The van der Waals surface area contributed by atoms with Crippen LogP contribution in [0.5, 0.6) is 5.75 Å². The predicted octanol–water partition coefficient (Wildman–Crippen LogP) is 3.96. The summed E-state index contributed by atoms with van der Waals surface area (Å²) in [5.74, 6) is -0.853. The Bertz CT molecular complexity index is 903. The van der Waals surface area contributed by atoms with E-state index in [2.05, 4.69) is 4.98 Å². The van der Waals surface area contributed by atoms with Gasteiger partial charge in [0.05, 0.1) is 11.1 Å². The highest BCUT2D eigenvalue weighted by Gasteiger charge is 2.34. The highest BCUT2D eigenvalue weighted by atomic mass is 32.1. The van der Waals surface area contributed by atoms with Crippen LogP contribution in [0.2, 0.25) is 0 Å². The molecule has 1 aromatic heterocycles. The van der Waals surface area contributed by atoms with E-state index < -0.39 is 11.6 Å². The zero-order valence-corrected chi connectivity index (χ0v) is 17.9. The quantitative estimate of drug-likeness (QED) is 0.710. The molecule has 2 aromatic rings. The van der Waals surface area contributed by atoms with Crippen molar-refractivity contribution < 1.29 is 24.2 Å². The van der Waals surface area contributed by atoms with Gasteiger partial charge in [-0.1, -0.05) is 6.07 Å². The van der Waals surface area contributed by atoms with Gasteiger partial charge in [-0.25, -0.2) is 9.78 Å². The molecule has 156 valence electrons. The Morgan fingerprint density at radius 1 is 1.34 bits per heavy atom. The number of aryl methyl sites for hydroxylation is 1. The number of thiazole rings is 1. The molecule has 0 amide bonds. The normalized spacial score (nSPS) is 17.3. The van der Waals surface area contributed by atoms with Crippen molar-refractivity contribution in [3.8, 4) is 16.3 Å². The molecule has 1 saturated heterocycles. The molecule has 0 bridgehead atoms. The third kappa shape index (κ3) is 5.13. The number of carboxylic acid groups (broad SMARTS) is 1. The van der Waals surface area contributed by atoms with E-state index in [0.717, 1.165) is 11.3 Å². The van der Waals surface area contributed by atoms with Crippen LogP contribution in [0.1, 0.15) is 48.8 Å².